The van der Waals surface area contributed by atoms with E-state index in [-0.39, 0.29) is 6.42 Å². The molecule has 1 aromatic rings. The minimum atomic E-state index is -0.816. The van der Waals surface area contributed by atoms with Gasteiger partial charge in [-0.25, -0.2) is 0 Å². The van der Waals surface area contributed by atoms with Gasteiger partial charge in [-0.3, -0.25) is 4.79 Å². The van der Waals surface area contributed by atoms with Crippen molar-refractivity contribution in [3.63, 3.8) is 0 Å². The molecule has 0 atom stereocenters. The van der Waals surface area contributed by atoms with Crippen molar-refractivity contribution in [3.05, 3.63) is 29.8 Å². The standard InChI is InChI=1S/C8H8O2S/c9-8(10)5-6-2-1-3-7(11)4-6/h1-4,11H,5H2,(H,9,10). The first kappa shape index (κ1) is 8.14. The van der Waals surface area contributed by atoms with Crippen LogP contribution in [0, 0.1) is 0 Å². The predicted octanol–water partition coefficient (Wildman–Crippen LogP) is 1.60. The molecule has 1 rings (SSSR count). The maximum absolute atomic E-state index is 10.3. The van der Waals surface area contributed by atoms with Crippen molar-refractivity contribution in [2.45, 2.75) is 11.3 Å². The van der Waals surface area contributed by atoms with Crippen LogP contribution in [0.25, 0.3) is 0 Å². The number of benzene rings is 1. The Bertz CT molecular complexity index is 271. The number of carboxylic acid groups (broad SMARTS) is 1. The zero-order valence-corrected chi connectivity index (χ0v) is 6.71. The number of aliphatic carboxylic acids is 1. The van der Waals surface area contributed by atoms with Gasteiger partial charge in [0.25, 0.3) is 0 Å². The van der Waals surface area contributed by atoms with E-state index in [0.29, 0.717) is 0 Å². The highest BCUT2D eigenvalue weighted by molar-refractivity contribution is 7.80. The lowest BCUT2D eigenvalue weighted by Crippen LogP contribution is -1.99. The second-order valence-electron chi connectivity index (χ2n) is 2.24. The minimum absolute atomic E-state index is 0.0639. The summed E-state index contributed by atoms with van der Waals surface area (Å²) < 4.78 is 0. The van der Waals surface area contributed by atoms with Gasteiger partial charge in [0, 0.05) is 4.90 Å². The van der Waals surface area contributed by atoms with E-state index in [1.807, 2.05) is 6.07 Å². The molecule has 0 aliphatic heterocycles. The molecule has 0 unspecified atom stereocenters. The summed E-state index contributed by atoms with van der Waals surface area (Å²) in [6, 6.07) is 7.13. The summed E-state index contributed by atoms with van der Waals surface area (Å²) in [6.45, 7) is 0. The first-order valence-corrected chi connectivity index (χ1v) is 3.63. The maximum atomic E-state index is 10.3. The molecule has 0 radical (unpaired) electrons. The highest BCUT2D eigenvalue weighted by atomic mass is 32.1. The van der Waals surface area contributed by atoms with Crippen molar-refractivity contribution in [2.75, 3.05) is 0 Å². The Balaban J connectivity index is 2.79. The fraction of sp³-hybridized carbons (Fsp3) is 0.125. The molecule has 11 heavy (non-hydrogen) atoms. The second kappa shape index (κ2) is 3.44. The summed E-state index contributed by atoms with van der Waals surface area (Å²) in [5.74, 6) is -0.816. The van der Waals surface area contributed by atoms with E-state index in [4.69, 9.17) is 5.11 Å². The molecule has 0 saturated heterocycles. The Morgan fingerprint density at radius 3 is 2.82 bits per heavy atom. The molecule has 0 amide bonds. The molecule has 0 aliphatic rings. The largest absolute Gasteiger partial charge is 0.481 e. The van der Waals surface area contributed by atoms with Crippen LogP contribution in [0.4, 0.5) is 0 Å². The average molecular weight is 168 g/mol. The lowest BCUT2D eigenvalue weighted by molar-refractivity contribution is -0.136. The van der Waals surface area contributed by atoms with E-state index < -0.39 is 5.97 Å². The van der Waals surface area contributed by atoms with Crippen LogP contribution < -0.4 is 0 Å². The number of hydrogen-bond donors (Lipinski definition) is 2. The second-order valence-corrected chi connectivity index (χ2v) is 2.76. The highest BCUT2D eigenvalue weighted by Gasteiger charge is 1.98. The number of thiol groups is 1. The van der Waals surface area contributed by atoms with Gasteiger partial charge in [-0.05, 0) is 17.7 Å². The Morgan fingerprint density at radius 2 is 2.27 bits per heavy atom. The topological polar surface area (TPSA) is 37.3 Å². The number of carboxylic acids is 1. The van der Waals surface area contributed by atoms with Crippen LogP contribution in [0.1, 0.15) is 5.56 Å². The van der Waals surface area contributed by atoms with Gasteiger partial charge in [0.05, 0.1) is 6.42 Å². The molecule has 3 heteroatoms. The predicted molar refractivity (Wildman–Crippen MR) is 45.0 cm³/mol. The van der Waals surface area contributed by atoms with Gasteiger partial charge < -0.3 is 5.11 Å². The molecular formula is C8H8O2S. The maximum Gasteiger partial charge on any atom is 0.307 e. The van der Waals surface area contributed by atoms with Gasteiger partial charge in [0.15, 0.2) is 0 Å². The molecular weight excluding hydrogens is 160 g/mol. The third-order valence-electron chi connectivity index (χ3n) is 1.27. The summed E-state index contributed by atoms with van der Waals surface area (Å²) in [5, 5.41) is 8.43. The first-order valence-electron chi connectivity index (χ1n) is 3.18. The van der Waals surface area contributed by atoms with Crippen molar-refractivity contribution in [1.29, 1.82) is 0 Å². The SMILES string of the molecule is O=C(O)Cc1cccc(S)c1. The van der Waals surface area contributed by atoms with Crippen LogP contribution >= 0.6 is 12.6 Å². The zero-order chi connectivity index (χ0) is 8.27. The monoisotopic (exact) mass is 168 g/mol. The third kappa shape index (κ3) is 2.63. The molecule has 0 heterocycles. The van der Waals surface area contributed by atoms with Crippen molar-refractivity contribution in [1.82, 2.24) is 0 Å². The van der Waals surface area contributed by atoms with Gasteiger partial charge >= 0.3 is 5.97 Å². The smallest absolute Gasteiger partial charge is 0.307 e. The fourth-order valence-corrected chi connectivity index (χ4v) is 1.09. The van der Waals surface area contributed by atoms with Gasteiger partial charge in [0.2, 0.25) is 0 Å². The number of carbonyl (C=O) groups is 1. The molecule has 2 nitrogen and oxygen atoms in total. The van der Waals surface area contributed by atoms with E-state index in [9.17, 15) is 4.79 Å². The number of hydrogen-bond acceptors (Lipinski definition) is 2. The molecule has 0 spiro atoms. The van der Waals surface area contributed by atoms with Crippen LogP contribution in [0.5, 0.6) is 0 Å². The molecule has 0 saturated carbocycles. The first-order chi connectivity index (χ1) is 5.18. The van der Waals surface area contributed by atoms with Gasteiger partial charge in [-0.1, -0.05) is 12.1 Å². The van der Waals surface area contributed by atoms with Gasteiger partial charge in [0.1, 0.15) is 0 Å². The summed E-state index contributed by atoms with van der Waals surface area (Å²) in [5.41, 5.74) is 0.782. The Labute approximate surface area is 70.3 Å². The van der Waals surface area contributed by atoms with Crippen molar-refractivity contribution >= 4 is 18.6 Å². The Morgan fingerprint density at radius 1 is 1.55 bits per heavy atom. The van der Waals surface area contributed by atoms with Crippen LogP contribution in [0.15, 0.2) is 29.2 Å². The Hall–Kier alpha value is -0.960. The lowest BCUT2D eigenvalue weighted by Gasteiger charge is -1.96. The fourth-order valence-electron chi connectivity index (χ4n) is 0.841. The Kier molecular flexibility index (Phi) is 2.54. The van der Waals surface area contributed by atoms with Crippen molar-refractivity contribution in [3.8, 4) is 0 Å². The van der Waals surface area contributed by atoms with Crippen molar-refractivity contribution in [2.24, 2.45) is 0 Å². The van der Waals surface area contributed by atoms with Crippen LogP contribution in [-0.2, 0) is 11.2 Å². The summed E-state index contributed by atoms with van der Waals surface area (Å²) in [6.07, 6.45) is 0.0639. The van der Waals surface area contributed by atoms with E-state index in [1.54, 1.807) is 18.2 Å². The molecule has 0 aliphatic carbocycles. The average Bonchev–Trinajstić information content (AvgIpc) is 1.85. The molecule has 0 bridgehead atoms. The molecule has 1 aromatic carbocycles. The van der Waals surface area contributed by atoms with E-state index >= 15 is 0 Å². The van der Waals surface area contributed by atoms with Crippen LogP contribution in [-0.4, -0.2) is 11.1 Å². The third-order valence-corrected chi connectivity index (χ3v) is 1.54. The van der Waals surface area contributed by atoms with Crippen molar-refractivity contribution < 1.29 is 9.90 Å². The minimum Gasteiger partial charge on any atom is -0.481 e. The van der Waals surface area contributed by atoms with E-state index in [2.05, 4.69) is 12.6 Å². The van der Waals surface area contributed by atoms with Crippen LogP contribution in [0.3, 0.4) is 0 Å². The normalized spacial score (nSPS) is 9.55. The molecule has 1 N–H and O–H groups in total. The highest BCUT2D eigenvalue weighted by Crippen LogP contribution is 2.08. The molecule has 0 aromatic heterocycles. The summed E-state index contributed by atoms with van der Waals surface area (Å²) in [7, 11) is 0. The lowest BCUT2D eigenvalue weighted by atomic mass is 10.2. The number of rotatable bonds is 2. The quantitative estimate of drug-likeness (QED) is 0.658. The summed E-state index contributed by atoms with van der Waals surface area (Å²) in [4.78, 5) is 11.1. The van der Waals surface area contributed by atoms with E-state index in [1.165, 1.54) is 0 Å². The van der Waals surface area contributed by atoms with E-state index in [0.717, 1.165) is 10.5 Å². The molecule has 58 valence electrons. The summed E-state index contributed by atoms with van der Waals surface area (Å²) >= 11 is 4.08. The van der Waals surface area contributed by atoms with Crippen LogP contribution in [0.2, 0.25) is 0 Å². The molecule has 0 fully saturated rings. The van der Waals surface area contributed by atoms with Gasteiger partial charge in [-0.2, -0.15) is 0 Å². The van der Waals surface area contributed by atoms with Gasteiger partial charge in [-0.15, -0.1) is 12.6 Å². The zero-order valence-electron chi connectivity index (χ0n) is 5.82.